The lowest BCUT2D eigenvalue weighted by atomic mass is 9.94. The highest BCUT2D eigenvalue weighted by Gasteiger charge is 2.31. The summed E-state index contributed by atoms with van der Waals surface area (Å²) in [5, 5.41) is 4.06. The summed E-state index contributed by atoms with van der Waals surface area (Å²) in [6, 6.07) is 8.16. The predicted molar refractivity (Wildman–Crippen MR) is 79.9 cm³/mol. The molecule has 1 aliphatic heterocycles. The first-order chi connectivity index (χ1) is 10.2. The van der Waals surface area contributed by atoms with Crippen LogP contribution >= 0.6 is 0 Å². The molecule has 0 unspecified atom stereocenters. The second-order valence-electron chi connectivity index (χ2n) is 5.68. The van der Waals surface area contributed by atoms with Crippen LogP contribution in [0.25, 0.3) is 0 Å². The fourth-order valence-electron chi connectivity index (χ4n) is 3.05. The lowest BCUT2D eigenvalue weighted by Crippen LogP contribution is -2.34. The first-order valence-corrected chi connectivity index (χ1v) is 7.35. The summed E-state index contributed by atoms with van der Waals surface area (Å²) in [6.07, 6.45) is 4.09. The lowest BCUT2D eigenvalue weighted by molar-refractivity contribution is -0.133. The van der Waals surface area contributed by atoms with Gasteiger partial charge in [-0.15, -0.1) is 0 Å². The van der Waals surface area contributed by atoms with E-state index in [-0.39, 0.29) is 11.9 Å². The minimum atomic E-state index is -0.289. The van der Waals surface area contributed by atoms with Crippen molar-refractivity contribution < 1.29 is 4.79 Å². The normalized spacial score (nSPS) is 19.7. The van der Waals surface area contributed by atoms with Crippen LogP contribution < -0.4 is 0 Å². The van der Waals surface area contributed by atoms with Crippen molar-refractivity contribution in [3.8, 4) is 0 Å². The standard InChI is InChI=1S/C16H20N4O/c1-12-5-3-4-6-15(12)14-7-8-19(9-14)16(21)13(2)20-11-17-10-18-20/h3-6,10-11,13-14H,7-9H2,1-2H3/t13-,14+/m1/s1. The largest absolute Gasteiger partial charge is 0.340 e. The van der Waals surface area contributed by atoms with E-state index in [9.17, 15) is 4.79 Å². The van der Waals surface area contributed by atoms with Crippen molar-refractivity contribution in [3.05, 3.63) is 48.0 Å². The Kier molecular flexibility index (Phi) is 3.73. The first kappa shape index (κ1) is 13.8. The lowest BCUT2D eigenvalue weighted by Gasteiger charge is -2.21. The molecular formula is C16H20N4O. The summed E-state index contributed by atoms with van der Waals surface area (Å²) < 4.78 is 1.61. The second-order valence-corrected chi connectivity index (χ2v) is 5.68. The zero-order valence-electron chi connectivity index (χ0n) is 12.4. The summed E-state index contributed by atoms with van der Waals surface area (Å²) in [4.78, 5) is 18.4. The Morgan fingerprint density at radius 2 is 2.19 bits per heavy atom. The van der Waals surface area contributed by atoms with E-state index < -0.39 is 0 Å². The Balaban J connectivity index is 1.70. The third-order valence-electron chi connectivity index (χ3n) is 4.32. The number of carbonyl (C=O) groups is 1. The highest BCUT2D eigenvalue weighted by atomic mass is 16.2. The molecule has 0 radical (unpaired) electrons. The molecular weight excluding hydrogens is 264 g/mol. The molecule has 0 N–H and O–H groups in total. The molecule has 1 aromatic carbocycles. The van der Waals surface area contributed by atoms with Gasteiger partial charge in [0, 0.05) is 19.0 Å². The number of amides is 1. The van der Waals surface area contributed by atoms with Crippen LogP contribution in [0.4, 0.5) is 0 Å². The van der Waals surface area contributed by atoms with Crippen molar-refractivity contribution in [3.63, 3.8) is 0 Å². The summed E-state index contributed by atoms with van der Waals surface area (Å²) in [6.45, 7) is 5.62. The summed E-state index contributed by atoms with van der Waals surface area (Å²) in [5.74, 6) is 0.565. The Morgan fingerprint density at radius 3 is 2.90 bits per heavy atom. The first-order valence-electron chi connectivity index (χ1n) is 7.35. The van der Waals surface area contributed by atoms with Gasteiger partial charge in [-0.3, -0.25) is 4.79 Å². The molecule has 1 fully saturated rings. The number of benzene rings is 1. The van der Waals surface area contributed by atoms with Crippen molar-refractivity contribution in [2.75, 3.05) is 13.1 Å². The van der Waals surface area contributed by atoms with E-state index in [1.165, 1.54) is 17.5 Å². The predicted octanol–water partition coefficient (Wildman–Crippen LogP) is 2.16. The van der Waals surface area contributed by atoms with Crippen LogP contribution in [0.5, 0.6) is 0 Å². The van der Waals surface area contributed by atoms with Crippen molar-refractivity contribution in [1.29, 1.82) is 0 Å². The Hall–Kier alpha value is -2.17. The number of likely N-dealkylation sites (tertiary alicyclic amines) is 1. The fourth-order valence-corrected chi connectivity index (χ4v) is 3.05. The average molecular weight is 284 g/mol. The number of rotatable bonds is 3. The topological polar surface area (TPSA) is 51.0 Å². The van der Waals surface area contributed by atoms with Crippen molar-refractivity contribution >= 4 is 5.91 Å². The summed E-state index contributed by atoms with van der Waals surface area (Å²) in [5.41, 5.74) is 2.67. The van der Waals surface area contributed by atoms with Gasteiger partial charge in [-0.05, 0) is 31.4 Å². The molecule has 0 bridgehead atoms. The van der Waals surface area contributed by atoms with Crippen LogP contribution in [0.1, 0.15) is 36.4 Å². The monoisotopic (exact) mass is 284 g/mol. The summed E-state index contributed by atoms with van der Waals surface area (Å²) >= 11 is 0. The molecule has 1 saturated heterocycles. The van der Waals surface area contributed by atoms with E-state index >= 15 is 0 Å². The number of aromatic nitrogens is 3. The number of hydrogen-bond acceptors (Lipinski definition) is 3. The van der Waals surface area contributed by atoms with Crippen LogP contribution in [-0.4, -0.2) is 38.7 Å². The molecule has 110 valence electrons. The Morgan fingerprint density at radius 1 is 1.38 bits per heavy atom. The third kappa shape index (κ3) is 2.68. The molecule has 1 amide bonds. The van der Waals surface area contributed by atoms with Gasteiger partial charge < -0.3 is 4.90 Å². The number of aryl methyl sites for hydroxylation is 1. The van der Waals surface area contributed by atoms with Crippen LogP contribution in [0, 0.1) is 6.92 Å². The van der Waals surface area contributed by atoms with Crippen molar-refractivity contribution in [2.24, 2.45) is 0 Å². The Labute approximate surface area is 124 Å². The number of carbonyl (C=O) groups excluding carboxylic acids is 1. The van der Waals surface area contributed by atoms with Gasteiger partial charge in [0.05, 0.1) is 0 Å². The zero-order chi connectivity index (χ0) is 14.8. The highest BCUT2D eigenvalue weighted by Crippen LogP contribution is 2.30. The fraction of sp³-hybridized carbons (Fsp3) is 0.438. The van der Waals surface area contributed by atoms with Gasteiger partial charge in [-0.1, -0.05) is 24.3 Å². The van der Waals surface area contributed by atoms with Crippen LogP contribution in [0.15, 0.2) is 36.9 Å². The van der Waals surface area contributed by atoms with E-state index in [1.807, 2.05) is 11.8 Å². The molecule has 3 rings (SSSR count). The van der Waals surface area contributed by atoms with E-state index in [0.717, 1.165) is 19.5 Å². The second kappa shape index (κ2) is 5.68. The van der Waals surface area contributed by atoms with Gasteiger partial charge in [-0.25, -0.2) is 9.67 Å². The van der Waals surface area contributed by atoms with Crippen LogP contribution in [-0.2, 0) is 4.79 Å². The molecule has 2 heterocycles. The molecule has 5 heteroatoms. The van der Waals surface area contributed by atoms with Gasteiger partial charge in [0.1, 0.15) is 18.7 Å². The van der Waals surface area contributed by atoms with E-state index in [1.54, 1.807) is 11.0 Å². The molecule has 5 nitrogen and oxygen atoms in total. The molecule has 0 aliphatic carbocycles. The smallest absolute Gasteiger partial charge is 0.247 e. The maximum Gasteiger partial charge on any atom is 0.247 e. The zero-order valence-corrected chi connectivity index (χ0v) is 12.4. The van der Waals surface area contributed by atoms with E-state index in [0.29, 0.717) is 5.92 Å². The minimum Gasteiger partial charge on any atom is -0.340 e. The maximum atomic E-state index is 12.5. The van der Waals surface area contributed by atoms with Crippen LogP contribution in [0.3, 0.4) is 0 Å². The summed E-state index contributed by atoms with van der Waals surface area (Å²) in [7, 11) is 0. The molecule has 2 aromatic rings. The number of hydrogen-bond donors (Lipinski definition) is 0. The Bertz CT molecular complexity index is 623. The van der Waals surface area contributed by atoms with Crippen molar-refractivity contribution in [2.45, 2.75) is 32.2 Å². The maximum absolute atomic E-state index is 12.5. The van der Waals surface area contributed by atoms with Gasteiger partial charge in [0.2, 0.25) is 5.91 Å². The van der Waals surface area contributed by atoms with E-state index in [4.69, 9.17) is 0 Å². The quantitative estimate of drug-likeness (QED) is 0.868. The minimum absolute atomic E-state index is 0.122. The molecule has 0 saturated carbocycles. The van der Waals surface area contributed by atoms with E-state index in [2.05, 4.69) is 41.3 Å². The van der Waals surface area contributed by atoms with Crippen molar-refractivity contribution in [1.82, 2.24) is 19.7 Å². The third-order valence-corrected chi connectivity index (χ3v) is 4.32. The van der Waals surface area contributed by atoms with Crippen LogP contribution in [0.2, 0.25) is 0 Å². The van der Waals surface area contributed by atoms with Gasteiger partial charge in [0.15, 0.2) is 0 Å². The van der Waals surface area contributed by atoms with Gasteiger partial charge >= 0.3 is 0 Å². The molecule has 1 aromatic heterocycles. The molecule has 2 atom stereocenters. The molecule has 0 spiro atoms. The highest BCUT2D eigenvalue weighted by molar-refractivity contribution is 5.80. The molecule has 1 aliphatic rings. The SMILES string of the molecule is Cc1ccccc1[C@H]1CCN(C(=O)[C@@H](C)n2cncn2)C1. The number of nitrogens with zero attached hydrogens (tertiary/aromatic N) is 4. The van der Waals surface area contributed by atoms with Gasteiger partial charge in [0.25, 0.3) is 0 Å². The average Bonchev–Trinajstić information content (AvgIpc) is 3.17. The molecule has 21 heavy (non-hydrogen) atoms. The van der Waals surface area contributed by atoms with Gasteiger partial charge in [-0.2, -0.15) is 5.10 Å².